The number of halogens is 2. The van der Waals surface area contributed by atoms with Gasteiger partial charge < -0.3 is 0 Å². The first-order valence-corrected chi connectivity index (χ1v) is 6.26. The zero-order valence-electron chi connectivity index (χ0n) is 11.2. The van der Waals surface area contributed by atoms with E-state index in [2.05, 4.69) is 4.98 Å². The molecule has 0 fully saturated rings. The summed E-state index contributed by atoms with van der Waals surface area (Å²) >= 11 is 0. The number of Topliss-reactive ketones (excluding diaryl/α,β-unsaturated/α-hetero) is 1. The first kappa shape index (κ1) is 14.3. The molecule has 0 saturated heterocycles. The molecule has 3 nitrogen and oxygen atoms in total. The number of hydrogen-bond donors (Lipinski definition) is 0. The molecular weight excluding hydrogens is 262 g/mol. The van der Waals surface area contributed by atoms with E-state index < -0.39 is 17.8 Å². The number of carbonyl (C=O) groups is 1. The molecule has 1 aromatic heterocycles. The van der Waals surface area contributed by atoms with Crippen molar-refractivity contribution in [3.63, 3.8) is 0 Å². The van der Waals surface area contributed by atoms with Gasteiger partial charge in [0.15, 0.2) is 5.78 Å². The van der Waals surface area contributed by atoms with Crippen molar-refractivity contribution in [3.8, 4) is 6.07 Å². The molecule has 1 unspecified atom stereocenters. The van der Waals surface area contributed by atoms with Gasteiger partial charge >= 0.3 is 0 Å². The van der Waals surface area contributed by atoms with Gasteiger partial charge in [0.25, 0.3) is 6.43 Å². The molecule has 0 amide bonds. The van der Waals surface area contributed by atoms with E-state index in [0.29, 0.717) is 6.42 Å². The summed E-state index contributed by atoms with van der Waals surface area (Å²) < 4.78 is 26.1. The number of hydrogen-bond acceptors (Lipinski definition) is 3. The highest BCUT2D eigenvalue weighted by molar-refractivity contribution is 6.03. The Morgan fingerprint density at radius 2 is 2.20 bits per heavy atom. The minimum atomic E-state index is -2.63. The Kier molecular flexibility index (Phi) is 3.67. The second-order valence-electron chi connectivity index (χ2n) is 5.49. The first-order chi connectivity index (χ1) is 9.36. The maximum atomic E-state index is 13.0. The third-order valence-corrected chi connectivity index (χ3v) is 3.54. The van der Waals surface area contributed by atoms with Crippen molar-refractivity contribution in [2.24, 2.45) is 5.41 Å². The highest BCUT2D eigenvalue weighted by Gasteiger charge is 2.38. The second kappa shape index (κ2) is 5.12. The monoisotopic (exact) mass is 276 g/mol. The van der Waals surface area contributed by atoms with E-state index in [0.717, 1.165) is 0 Å². The van der Waals surface area contributed by atoms with Crippen LogP contribution in [0.5, 0.6) is 0 Å². The number of alkyl halides is 2. The Hall–Kier alpha value is -2.09. The van der Waals surface area contributed by atoms with Gasteiger partial charge in [-0.1, -0.05) is 19.9 Å². The van der Waals surface area contributed by atoms with Gasteiger partial charge in [0.2, 0.25) is 0 Å². The topological polar surface area (TPSA) is 53.8 Å². The van der Waals surface area contributed by atoms with E-state index in [1.54, 1.807) is 13.8 Å². The van der Waals surface area contributed by atoms with Crippen molar-refractivity contribution in [1.82, 2.24) is 4.98 Å². The Balaban J connectivity index is 2.52. The molecule has 1 aromatic rings. The molecule has 2 rings (SSSR count). The zero-order chi connectivity index (χ0) is 14.9. The Bertz CT molecular complexity index is 615. The smallest absolute Gasteiger partial charge is 0.265 e. The van der Waals surface area contributed by atoms with Crippen molar-refractivity contribution in [3.05, 3.63) is 41.2 Å². The minimum Gasteiger partial charge on any atom is -0.293 e. The van der Waals surface area contributed by atoms with Crippen molar-refractivity contribution in [2.75, 3.05) is 0 Å². The molecule has 0 aromatic carbocycles. The third kappa shape index (κ3) is 2.46. The average Bonchev–Trinajstić information content (AvgIpc) is 2.41. The Morgan fingerprint density at radius 3 is 2.80 bits per heavy atom. The summed E-state index contributed by atoms with van der Waals surface area (Å²) in [5, 5.41) is 9.03. The van der Waals surface area contributed by atoms with Gasteiger partial charge in [-0.05, 0) is 18.6 Å². The summed E-state index contributed by atoms with van der Waals surface area (Å²) in [6.45, 7) is 3.44. The second-order valence-corrected chi connectivity index (χ2v) is 5.49. The number of nitrogens with zero attached hydrogens (tertiary/aromatic N) is 2. The van der Waals surface area contributed by atoms with Crippen molar-refractivity contribution < 1.29 is 13.6 Å². The maximum absolute atomic E-state index is 13.0. The first-order valence-electron chi connectivity index (χ1n) is 6.26. The van der Waals surface area contributed by atoms with Crippen LogP contribution in [0.3, 0.4) is 0 Å². The summed E-state index contributed by atoms with van der Waals surface area (Å²) in [5.41, 5.74) is -0.620. The molecule has 0 saturated carbocycles. The van der Waals surface area contributed by atoms with Crippen molar-refractivity contribution in [2.45, 2.75) is 32.6 Å². The van der Waals surface area contributed by atoms with Gasteiger partial charge in [-0.15, -0.1) is 0 Å². The molecule has 104 valence electrons. The lowest BCUT2D eigenvalue weighted by Crippen LogP contribution is -2.32. The summed E-state index contributed by atoms with van der Waals surface area (Å²) in [7, 11) is 0. The van der Waals surface area contributed by atoms with Crippen LogP contribution in [0.2, 0.25) is 0 Å². The van der Waals surface area contributed by atoms with Gasteiger partial charge in [-0.3, -0.25) is 9.78 Å². The van der Waals surface area contributed by atoms with Crippen LogP contribution >= 0.6 is 0 Å². The van der Waals surface area contributed by atoms with Crippen LogP contribution in [0.25, 0.3) is 0 Å². The molecule has 5 heteroatoms. The number of ketones is 1. The number of rotatable bonds is 2. The SMILES string of the molecule is CC1(C)CC(c2ncccc2C(F)F)C=C(C#N)C1=O. The van der Waals surface area contributed by atoms with E-state index in [1.165, 1.54) is 24.4 Å². The lowest BCUT2D eigenvalue weighted by Gasteiger charge is -2.31. The molecule has 0 spiro atoms. The van der Waals surface area contributed by atoms with Crippen LogP contribution < -0.4 is 0 Å². The number of nitriles is 1. The molecule has 0 bridgehead atoms. The normalized spacial score (nSPS) is 21.5. The third-order valence-electron chi connectivity index (χ3n) is 3.54. The lowest BCUT2D eigenvalue weighted by molar-refractivity contribution is -0.123. The molecule has 1 atom stereocenters. The van der Waals surface area contributed by atoms with Crippen LogP contribution in [0, 0.1) is 16.7 Å². The fourth-order valence-corrected chi connectivity index (χ4v) is 2.53. The minimum absolute atomic E-state index is 0.0251. The molecule has 0 N–H and O–H groups in total. The van der Waals surface area contributed by atoms with Crippen molar-refractivity contribution >= 4 is 5.78 Å². The standard InChI is InChI=1S/C15H14F2N2O/c1-15(2)7-9(6-10(8-18)13(15)20)12-11(14(16)17)4-3-5-19-12/h3-6,9,14H,7H2,1-2H3. The zero-order valence-corrected chi connectivity index (χ0v) is 11.2. The van der Waals surface area contributed by atoms with E-state index in [4.69, 9.17) is 5.26 Å². The molecule has 20 heavy (non-hydrogen) atoms. The predicted molar refractivity (Wildman–Crippen MR) is 69.0 cm³/mol. The summed E-state index contributed by atoms with van der Waals surface area (Å²) in [6.07, 6.45) is 0.651. The number of pyridine rings is 1. The highest BCUT2D eigenvalue weighted by Crippen LogP contribution is 2.41. The van der Waals surface area contributed by atoms with Crippen LogP contribution in [0.1, 0.15) is 43.9 Å². The van der Waals surface area contributed by atoms with Crippen molar-refractivity contribution in [1.29, 1.82) is 5.26 Å². The Labute approximate surface area is 115 Å². The number of allylic oxidation sites excluding steroid dienone is 2. The molecule has 1 aliphatic carbocycles. The van der Waals surface area contributed by atoms with Gasteiger partial charge in [-0.2, -0.15) is 5.26 Å². The van der Waals surface area contributed by atoms with Crippen LogP contribution in [-0.2, 0) is 4.79 Å². The van der Waals surface area contributed by atoms with E-state index >= 15 is 0 Å². The van der Waals surface area contributed by atoms with E-state index in [-0.39, 0.29) is 22.6 Å². The fourth-order valence-electron chi connectivity index (χ4n) is 2.53. The summed E-state index contributed by atoms with van der Waals surface area (Å²) in [5.74, 6) is -0.687. The van der Waals surface area contributed by atoms with Gasteiger partial charge in [-0.25, -0.2) is 8.78 Å². The summed E-state index contributed by atoms with van der Waals surface area (Å²) in [4.78, 5) is 16.1. The van der Waals surface area contributed by atoms with Crippen LogP contribution in [0.15, 0.2) is 30.0 Å². The van der Waals surface area contributed by atoms with E-state index in [1.807, 2.05) is 6.07 Å². The number of aromatic nitrogens is 1. The molecule has 0 aliphatic heterocycles. The van der Waals surface area contributed by atoms with Gasteiger partial charge in [0, 0.05) is 23.1 Å². The van der Waals surface area contributed by atoms with E-state index in [9.17, 15) is 13.6 Å². The predicted octanol–water partition coefficient (Wildman–Crippen LogP) is 3.55. The van der Waals surface area contributed by atoms with Gasteiger partial charge in [0.05, 0.1) is 11.3 Å². The lowest BCUT2D eigenvalue weighted by atomic mass is 9.70. The molecule has 1 heterocycles. The molecule has 0 radical (unpaired) electrons. The van der Waals surface area contributed by atoms with Crippen LogP contribution in [-0.4, -0.2) is 10.8 Å². The quantitative estimate of drug-likeness (QED) is 0.830. The van der Waals surface area contributed by atoms with Crippen LogP contribution in [0.4, 0.5) is 8.78 Å². The fraction of sp³-hybridized carbons (Fsp3) is 0.400. The Morgan fingerprint density at radius 1 is 1.50 bits per heavy atom. The highest BCUT2D eigenvalue weighted by atomic mass is 19.3. The summed E-state index contributed by atoms with van der Waals surface area (Å²) in [6, 6.07) is 4.64. The average molecular weight is 276 g/mol. The molecular formula is C15H14F2N2O. The maximum Gasteiger partial charge on any atom is 0.265 e. The number of carbonyl (C=O) groups excluding carboxylic acids is 1. The largest absolute Gasteiger partial charge is 0.293 e. The molecule has 1 aliphatic rings. The van der Waals surface area contributed by atoms with Gasteiger partial charge in [0.1, 0.15) is 6.07 Å².